The summed E-state index contributed by atoms with van der Waals surface area (Å²) in [5.41, 5.74) is 0. The SMILES string of the molecule is CCC(O)(O)OOCCO. The molecule has 0 heterocycles. The van der Waals surface area contributed by atoms with Gasteiger partial charge in [0.25, 0.3) is 0 Å². The van der Waals surface area contributed by atoms with Gasteiger partial charge in [-0.1, -0.05) is 6.92 Å². The topological polar surface area (TPSA) is 79.2 Å². The Labute approximate surface area is 58.7 Å². The van der Waals surface area contributed by atoms with Crippen molar-refractivity contribution in [2.75, 3.05) is 13.2 Å². The molecule has 5 nitrogen and oxygen atoms in total. The molecule has 0 saturated carbocycles. The van der Waals surface area contributed by atoms with Crippen molar-refractivity contribution in [1.29, 1.82) is 0 Å². The molecule has 0 radical (unpaired) electrons. The second-order valence-corrected chi connectivity index (χ2v) is 1.73. The van der Waals surface area contributed by atoms with Crippen molar-refractivity contribution in [3.63, 3.8) is 0 Å². The molecule has 0 spiro atoms. The summed E-state index contributed by atoms with van der Waals surface area (Å²) in [6, 6.07) is 0. The van der Waals surface area contributed by atoms with Gasteiger partial charge in [-0.25, -0.2) is 4.89 Å². The Hall–Kier alpha value is -0.200. The molecule has 0 aliphatic heterocycles. The molecule has 0 aliphatic carbocycles. The highest BCUT2D eigenvalue weighted by molar-refractivity contribution is 4.39. The Morgan fingerprint density at radius 3 is 2.40 bits per heavy atom. The summed E-state index contributed by atoms with van der Waals surface area (Å²) in [7, 11) is 0. The molecule has 0 aliphatic rings. The predicted molar refractivity (Wildman–Crippen MR) is 31.6 cm³/mol. The average Bonchev–Trinajstić information content (AvgIpc) is 1.89. The van der Waals surface area contributed by atoms with Crippen LogP contribution >= 0.6 is 0 Å². The highest BCUT2D eigenvalue weighted by Gasteiger charge is 2.22. The van der Waals surface area contributed by atoms with Gasteiger partial charge in [0.15, 0.2) is 0 Å². The number of hydrogen-bond donors (Lipinski definition) is 3. The van der Waals surface area contributed by atoms with E-state index in [9.17, 15) is 0 Å². The summed E-state index contributed by atoms with van der Waals surface area (Å²) in [4.78, 5) is 8.26. The second-order valence-electron chi connectivity index (χ2n) is 1.73. The van der Waals surface area contributed by atoms with Crippen LogP contribution in [0.5, 0.6) is 0 Å². The molecular formula is C5H12O5. The van der Waals surface area contributed by atoms with Crippen molar-refractivity contribution in [3.05, 3.63) is 0 Å². The molecule has 0 saturated heterocycles. The third-order valence-corrected chi connectivity index (χ3v) is 0.828. The molecule has 0 unspecified atom stereocenters. The number of aliphatic hydroxyl groups excluding tert-OH is 1. The molecule has 0 aromatic rings. The van der Waals surface area contributed by atoms with E-state index in [2.05, 4.69) is 9.78 Å². The van der Waals surface area contributed by atoms with Gasteiger partial charge in [0.1, 0.15) is 6.61 Å². The van der Waals surface area contributed by atoms with E-state index in [0.717, 1.165) is 0 Å². The van der Waals surface area contributed by atoms with Crippen LogP contribution in [0.15, 0.2) is 0 Å². The third kappa shape index (κ3) is 4.66. The molecule has 62 valence electrons. The van der Waals surface area contributed by atoms with E-state index < -0.39 is 5.97 Å². The van der Waals surface area contributed by atoms with Crippen molar-refractivity contribution in [2.45, 2.75) is 19.3 Å². The minimum atomic E-state index is -2.24. The van der Waals surface area contributed by atoms with Crippen LogP contribution in [0.25, 0.3) is 0 Å². The van der Waals surface area contributed by atoms with Crippen LogP contribution in [0.3, 0.4) is 0 Å². The smallest absolute Gasteiger partial charge is 0.306 e. The highest BCUT2D eigenvalue weighted by atomic mass is 17.2. The van der Waals surface area contributed by atoms with Crippen LogP contribution in [0, 0.1) is 0 Å². The van der Waals surface area contributed by atoms with Gasteiger partial charge in [0.2, 0.25) is 0 Å². The molecule has 3 N–H and O–H groups in total. The van der Waals surface area contributed by atoms with Gasteiger partial charge in [-0.3, -0.25) is 0 Å². The zero-order valence-corrected chi connectivity index (χ0v) is 5.78. The van der Waals surface area contributed by atoms with Crippen LogP contribution < -0.4 is 0 Å². The fourth-order valence-corrected chi connectivity index (χ4v) is 0.232. The van der Waals surface area contributed by atoms with Gasteiger partial charge in [0, 0.05) is 6.42 Å². The first kappa shape index (κ1) is 9.80. The minimum absolute atomic E-state index is 0.00156. The normalized spacial score (nSPS) is 12.0. The first-order valence-electron chi connectivity index (χ1n) is 2.98. The highest BCUT2D eigenvalue weighted by Crippen LogP contribution is 2.06. The fraction of sp³-hybridized carbons (Fsp3) is 1.00. The van der Waals surface area contributed by atoms with E-state index in [1.807, 2.05) is 0 Å². The fourth-order valence-electron chi connectivity index (χ4n) is 0.232. The van der Waals surface area contributed by atoms with Gasteiger partial charge in [-0.05, 0) is 0 Å². The Kier molecular flexibility index (Phi) is 4.50. The Balaban J connectivity index is 3.28. The van der Waals surface area contributed by atoms with Crippen molar-refractivity contribution in [1.82, 2.24) is 0 Å². The summed E-state index contributed by atoms with van der Waals surface area (Å²) < 4.78 is 0. The number of aliphatic hydroxyl groups is 3. The molecule has 0 aromatic heterocycles. The van der Waals surface area contributed by atoms with E-state index in [0.29, 0.717) is 0 Å². The maximum absolute atomic E-state index is 8.68. The Morgan fingerprint density at radius 2 is 2.00 bits per heavy atom. The van der Waals surface area contributed by atoms with Crippen LogP contribution in [0.2, 0.25) is 0 Å². The lowest BCUT2D eigenvalue weighted by Gasteiger charge is -2.17. The van der Waals surface area contributed by atoms with Crippen molar-refractivity contribution in [2.24, 2.45) is 0 Å². The summed E-state index contributed by atoms with van der Waals surface area (Å²) >= 11 is 0. The summed E-state index contributed by atoms with van der Waals surface area (Å²) in [6.07, 6.45) is -0.00156. The first-order valence-corrected chi connectivity index (χ1v) is 2.98. The molecule has 5 heteroatoms. The summed E-state index contributed by atoms with van der Waals surface area (Å²) in [6.45, 7) is 1.21. The van der Waals surface area contributed by atoms with Gasteiger partial charge in [-0.2, -0.15) is 4.89 Å². The Bertz CT molecular complexity index is 82.1. The van der Waals surface area contributed by atoms with E-state index in [4.69, 9.17) is 15.3 Å². The van der Waals surface area contributed by atoms with Gasteiger partial charge in [0.05, 0.1) is 6.61 Å². The largest absolute Gasteiger partial charge is 0.394 e. The zero-order valence-electron chi connectivity index (χ0n) is 5.78. The molecule has 0 amide bonds. The molecule has 0 fully saturated rings. The zero-order chi connectivity index (χ0) is 8.04. The van der Waals surface area contributed by atoms with E-state index in [-0.39, 0.29) is 19.6 Å². The van der Waals surface area contributed by atoms with Crippen molar-refractivity contribution < 1.29 is 25.1 Å². The summed E-state index contributed by atoms with van der Waals surface area (Å²) in [5, 5.41) is 25.5. The molecule has 0 bridgehead atoms. The number of rotatable bonds is 5. The van der Waals surface area contributed by atoms with Gasteiger partial charge < -0.3 is 15.3 Å². The quantitative estimate of drug-likeness (QED) is 0.203. The first-order chi connectivity index (χ1) is 4.62. The molecule has 0 rings (SSSR count). The predicted octanol–water partition coefficient (Wildman–Crippen LogP) is -1.02. The standard InChI is InChI=1S/C5H12O5/c1-2-5(7,8)10-9-4-3-6/h6-8H,2-4H2,1H3. The Morgan fingerprint density at radius 1 is 1.40 bits per heavy atom. The third-order valence-electron chi connectivity index (χ3n) is 0.828. The van der Waals surface area contributed by atoms with Crippen LogP contribution in [-0.2, 0) is 9.78 Å². The second kappa shape index (κ2) is 4.59. The molecule has 0 atom stereocenters. The van der Waals surface area contributed by atoms with Gasteiger partial charge >= 0.3 is 5.97 Å². The number of hydrogen-bond acceptors (Lipinski definition) is 5. The van der Waals surface area contributed by atoms with Crippen LogP contribution in [-0.4, -0.2) is 34.5 Å². The monoisotopic (exact) mass is 152 g/mol. The van der Waals surface area contributed by atoms with E-state index in [1.165, 1.54) is 6.92 Å². The van der Waals surface area contributed by atoms with Crippen LogP contribution in [0.1, 0.15) is 13.3 Å². The lowest BCUT2D eigenvalue weighted by atomic mass is 10.4. The molecule has 0 aromatic carbocycles. The molecule has 10 heavy (non-hydrogen) atoms. The lowest BCUT2D eigenvalue weighted by molar-refractivity contribution is -0.488. The van der Waals surface area contributed by atoms with Crippen molar-refractivity contribution in [3.8, 4) is 0 Å². The lowest BCUT2D eigenvalue weighted by Crippen LogP contribution is -2.31. The van der Waals surface area contributed by atoms with Crippen molar-refractivity contribution >= 4 is 0 Å². The van der Waals surface area contributed by atoms with Crippen LogP contribution in [0.4, 0.5) is 0 Å². The minimum Gasteiger partial charge on any atom is -0.394 e. The van der Waals surface area contributed by atoms with E-state index in [1.54, 1.807) is 0 Å². The molecular weight excluding hydrogens is 140 g/mol. The average molecular weight is 152 g/mol. The van der Waals surface area contributed by atoms with E-state index >= 15 is 0 Å². The maximum atomic E-state index is 8.68. The van der Waals surface area contributed by atoms with Gasteiger partial charge in [-0.15, -0.1) is 0 Å². The summed E-state index contributed by atoms with van der Waals surface area (Å²) in [5.74, 6) is -2.24. The maximum Gasteiger partial charge on any atom is 0.306 e.